The molecule has 0 saturated carbocycles. The molecule has 1 rings (SSSR count). The number of benzene rings is 1. The van der Waals surface area contributed by atoms with Crippen molar-refractivity contribution in [3.8, 4) is 0 Å². The van der Waals surface area contributed by atoms with Gasteiger partial charge in [0.1, 0.15) is 0 Å². The highest BCUT2D eigenvalue weighted by Gasteiger charge is 2.14. The van der Waals surface area contributed by atoms with Gasteiger partial charge in [0, 0.05) is 11.3 Å². The Labute approximate surface area is 94.7 Å². The van der Waals surface area contributed by atoms with Gasteiger partial charge in [0.25, 0.3) is 5.91 Å². The quantitative estimate of drug-likeness (QED) is 0.762. The highest BCUT2D eigenvalue weighted by atomic mass is 32.2. The molecule has 16 heavy (non-hydrogen) atoms. The highest BCUT2D eigenvalue weighted by Crippen LogP contribution is 2.12. The van der Waals surface area contributed by atoms with Gasteiger partial charge in [0.05, 0.1) is 5.75 Å². The third-order valence-corrected chi connectivity index (χ3v) is 3.43. The fourth-order valence-electron chi connectivity index (χ4n) is 1.05. The van der Waals surface area contributed by atoms with Crippen LogP contribution in [-0.4, -0.2) is 20.1 Å². The molecule has 1 aromatic carbocycles. The van der Waals surface area contributed by atoms with Crippen LogP contribution in [0.15, 0.2) is 18.2 Å². The van der Waals surface area contributed by atoms with Gasteiger partial charge in [0.2, 0.25) is 10.0 Å². The van der Waals surface area contributed by atoms with Crippen LogP contribution in [0.4, 0.5) is 5.69 Å². The molecule has 88 valence electrons. The summed E-state index contributed by atoms with van der Waals surface area (Å²) in [6.07, 6.45) is 0. The van der Waals surface area contributed by atoms with Crippen LogP contribution in [-0.2, 0) is 10.0 Å². The normalized spacial score (nSPS) is 11.1. The van der Waals surface area contributed by atoms with Crippen LogP contribution >= 0.6 is 0 Å². The first kappa shape index (κ1) is 12.5. The fourth-order valence-corrected chi connectivity index (χ4v) is 1.60. The molecule has 6 heteroatoms. The third-order valence-electron chi connectivity index (χ3n) is 2.17. The smallest absolute Gasteiger partial charge is 0.264 e. The van der Waals surface area contributed by atoms with Crippen molar-refractivity contribution in [1.29, 1.82) is 0 Å². The van der Waals surface area contributed by atoms with Gasteiger partial charge < -0.3 is 5.73 Å². The molecule has 0 aliphatic rings. The Hall–Kier alpha value is -1.56. The molecule has 0 radical (unpaired) electrons. The van der Waals surface area contributed by atoms with E-state index < -0.39 is 15.9 Å². The van der Waals surface area contributed by atoms with E-state index in [2.05, 4.69) is 0 Å². The molecule has 0 saturated heterocycles. The van der Waals surface area contributed by atoms with Gasteiger partial charge in [-0.1, -0.05) is 6.07 Å². The maximum atomic E-state index is 11.5. The summed E-state index contributed by atoms with van der Waals surface area (Å²) >= 11 is 0. The van der Waals surface area contributed by atoms with Gasteiger partial charge in [-0.05, 0) is 31.5 Å². The molecule has 1 amide bonds. The molecule has 0 fully saturated rings. The number of nitrogen functional groups attached to an aromatic ring is 1. The van der Waals surface area contributed by atoms with E-state index in [0.29, 0.717) is 5.69 Å². The van der Waals surface area contributed by atoms with Crippen molar-refractivity contribution in [3.63, 3.8) is 0 Å². The van der Waals surface area contributed by atoms with E-state index in [1.54, 1.807) is 13.0 Å². The van der Waals surface area contributed by atoms with E-state index in [0.717, 1.165) is 5.56 Å². The lowest BCUT2D eigenvalue weighted by molar-refractivity contribution is 0.0981. The van der Waals surface area contributed by atoms with Gasteiger partial charge in [0.15, 0.2) is 0 Å². The van der Waals surface area contributed by atoms with E-state index in [1.165, 1.54) is 19.1 Å². The summed E-state index contributed by atoms with van der Waals surface area (Å²) in [5.41, 5.74) is 7.16. The van der Waals surface area contributed by atoms with Crippen LogP contribution in [0.5, 0.6) is 0 Å². The SMILES string of the molecule is CCS(=O)(=O)NC(=O)c1ccc(C)c(N)c1. The van der Waals surface area contributed by atoms with Crippen LogP contribution in [0.1, 0.15) is 22.8 Å². The number of nitrogens with two attached hydrogens (primary N) is 1. The van der Waals surface area contributed by atoms with Crippen molar-refractivity contribution in [3.05, 3.63) is 29.3 Å². The minimum absolute atomic E-state index is 0.139. The number of anilines is 1. The van der Waals surface area contributed by atoms with Crippen LogP contribution in [0.25, 0.3) is 0 Å². The van der Waals surface area contributed by atoms with Gasteiger partial charge in [-0.2, -0.15) is 0 Å². The largest absolute Gasteiger partial charge is 0.398 e. The molecular weight excluding hydrogens is 228 g/mol. The first-order valence-corrected chi connectivity index (χ1v) is 6.42. The number of sulfonamides is 1. The van der Waals surface area contributed by atoms with E-state index in [-0.39, 0.29) is 11.3 Å². The Kier molecular flexibility index (Phi) is 3.54. The number of carbonyl (C=O) groups excluding carboxylic acids is 1. The van der Waals surface area contributed by atoms with Crippen molar-refractivity contribution in [2.75, 3.05) is 11.5 Å². The topological polar surface area (TPSA) is 89.3 Å². The lowest BCUT2D eigenvalue weighted by atomic mass is 10.1. The first-order valence-electron chi connectivity index (χ1n) is 4.76. The molecule has 5 nitrogen and oxygen atoms in total. The lowest BCUT2D eigenvalue weighted by Crippen LogP contribution is -2.31. The summed E-state index contributed by atoms with van der Waals surface area (Å²) in [5.74, 6) is -0.798. The van der Waals surface area contributed by atoms with Crippen LogP contribution < -0.4 is 10.5 Å². The number of amides is 1. The van der Waals surface area contributed by atoms with Gasteiger partial charge >= 0.3 is 0 Å². The summed E-state index contributed by atoms with van der Waals surface area (Å²) in [6.45, 7) is 3.26. The van der Waals surface area contributed by atoms with E-state index in [9.17, 15) is 13.2 Å². The minimum Gasteiger partial charge on any atom is -0.398 e. The summed E-state index contributed by atoms with van der Waals surface area (Å²) in [4.78, 5) is 11.5. The van der Waals surface area contributed by atoms with Crippen molar-refractivity contribution in [2.45, 2.75) is 13.8 Å². The van der Waals surface area contributed by atoms with Gasteiger partial charge in [-0.15, -0.1) is 0 Å². The van der Waals surface area contributed by atoms with E-state index in [1.807, 2.05) is 4.72 Å². The lowest BCUT2D eigenvalue weighted by Gasteiger charge is -2.06. The van der Waals surface area contributed by atoms with E-state index >= 15 is 0 Å². The maximum Gasteiger partial charge on any atom is 0.264 e. The molecule has 3 N–H and O–H groups in total. The Morgan fingerprint density at radius 2 is 2.06 bits per heavy atom. The molecule has 0 aliphatic heterocycles. The van der Waals surface area contributed by atoms with Gasteiger partial charge in [-0.3, -0.25) is 4.79 Å². The zero-order chi connectivity index (χ0) is 12.3. The number of nitrogens with one attached hydrogen (secondary N) is 1. The Balaban J connectivity index is 2.94. The Morgan fingerprint density at radius 1 is 1.44 bits per heavy atom. The number of aryl methyl sites for hydroxylation is 1. The second-order valence-corrected chi connectivity index (χ2v) is 5.42. The average Bonchev–Trinajstić information content (AvgIpc) is 2.21. The summed E-state index contributed by atoms with van der Waals surface area (Å²) < 4.78 is 24.3. The molecular formula is C10H14N2O3S. The van der Waals surface area contributed by atoms with Crippen LogP contribution in [0, 0.1) is 6.92 Å². The molecule has 0 atom stereocenters. The summed E-state index contributed by atoms with van der Waals surface area (Å²) in [5, 5.41) is 0. The van der Waals surface area contributed by atoms with Crippen molar-refractivity contribution in [1.82, 2.24) is 4.72 Å². The molecule has 1 aromatic rings. The predicted octanol–water partition coefficient (Wildman–Crippen LogP) is 0.657. The van der Waals surface area contributed by atoms with Crippen molar-refractivity contribution >= 4 is 21.6 Å². The average molecular weight is 242 g/mol. The molecule has 0 bridgehead atoms. The molecule has 0 spiro atoms. The molecule has 0 aromatic heterocycles. The third kappa shape index (κ3) is 2.96. The number of hydrogen-bond acceptors (Lipinski definition) is 4. The van der Waals surface area contributed by atoms with Crippen molar-refractivity contribution in [2.24, 2.45) is 0 Å². The zero-order valence-electron chi connectivity index (χ0n) is 9.15. The van der Waals surface area contributed by atoms with Crippen molar-refractivity contribution < 1.29 is 13.2 Å². The van der Waals surface area contributed by atoms with Gasteiger partial charge in [-0.25, -0.2) is 13.1 Å². The number of carbonyl (C=O) groups is 1. The summed E-state index contributed by atoms with van der Waals surface area (Å²) in [6, 6.07) is 4.66. The highest BCUT2D eigenvalue weighted by molar-refractivity contribution is 7.90. The summed E-state index contributed by atoms with van der Waals surface area (Å²) in [7, 11) is -3.53. The predicted molar refractivity (Wildman–Crippen MR) is 62.5 cm³/mol. The number of hydrogen-bond donors (Lipinski definition) is 2. The van der Waals surface area contributed by atoms with E-state index in [4.69, 9.17) is 5.73 Å². The molecule has 0 heterocycles. The van der Waals surface area contributed by atoms with Crippen LogP contribution in [0.2, 0.25) is 0 Å². The minimum atomic E-state index is -3.53. The first-order chi connectivity index (χ1) is 7.35. The van der Waals surface area contributed by atoms with Crippen LogP contribution in [0.3, 0.4) is 0 Å². The monoisotopic (exact) mass is 242 g/mol. The fraction of sp³-hybridized carbons (Fsp3) is 0.300. The standard InChI is InChI=1S/C10H14N2O3S/c1-3-16(14,15)12-10(13)8-5-4-7(2)9(11)6-8/h4-6H,3,11H2,1-2H3,(H,12,13). The Morgan fingerprint density at radius 3 is 2.56 bits per heavy atom. The molecule has 0 aliphatic carbocycles. The number of rotatable bonds is 3. The second-order valence-electron chi connectivity index (χ2n) is 3.41. The maximum absolute atomic E-state index is 11.5. The second kappa shape index (κ2) is 4.52. The Bertz CT molecular complexity index is 509. The zero-order valence-corrected chi connectivity index (χ0v) is 9.97. The molecule has 0 unspecified atom stereocenters.